The number of phenolic OH excluding ortho intramolecular Hbond substituents is 1. The van der Waals surface area contributed by atoms with Crippen molar-refractivity contribution in [2.24, 2.45) is 0 Å². The van der Waals surface area contributed by atoms with Crippen LogP contribution in [0.25, 0.3) is 21.9 Å². The summed E-state index contributed by atoms with van der Waals surface area (Å²) < 4.78 is 6.42. The third kappa shape index (κ3) is 4.13. The van der Waals surface area contributed by atoms with E-state index in [1.54, 1.807) is 12.1 Å². The number of phenols is 1. The first-order valence-corrected chi connectivity index (χ1v) is 9.81. The van der Waals surface area contributed by atoms with Crippen molar-refractivity contribution in [3.8, 4) is 28.4 Å². The quantitative estimate of drug-likeness (QED) is 0.373. The highest BCUT2D eigenvalue weighted by atomic mass is 35.5. The first kappa shape index (κ1) is 19.1. The summed E-state index contributed by atoms with van der Waals surface area (Å²) in [6.45, 7) is 5.81. The minimum Gasteiger partial charge on any atom is -0.508 e. The number of hydrogen-bond donors (Lipinski definition) is 1. The fourth-order valence-corrected chi connectivity index (χ4v) is 3.73. The van der Waals surface area contributed by atoms with Crippen LogP contribution in [0.5, 0.6) is 17.2 Å². The molecule has 4 aromatic carbocycles. The van der Waals surface area contributed by atoms with Crippen molar-refractivity contribution in [2.45, 2.75) is 13.3 Å². The molecule has 0 amide bonds. The van der Waals surface area contributed by atoms with Gasteiger partial charge < -0.3 is 9.84 Å². The van der Waals surface area contributed by atoms with Gasteiger partial charge in [0.2, 0.25) is 0 Å². The van der Waals surface area contributed by atoms with Crippen LogP contribution in [-0.2, 0) is 6.42 Å². The van der Waals surface area contributed by atoms with E-state index in [1.165, 1.54) is 0 Å². The van der Waals surface area contributed by atoms with Crippen molar-refractivity contribution in [2.75, 3.05) is 0 Å². The van der Waals surface area contributed by atoms with Gasteiger partial charge in [-0.3, -0.25) is 0 Å². The summed E-state index contributed by atoms with van der Waals surface area (Å²) in [7, 11) is 0. The molecule has 0 aliphatic heterocycles. The molecule has 0 atom stereocenters. The van der Waals surface area contributed by atoms with Crippen LogP contribution in [0.15, 0.2) is 90.5 Å². The zero-order valence-corrected chi connectivity index (χ0v) is 16.9. The smallest absolute Gasteiger partial charge is 0.143 e. The van der Waals surface area contributed by atoms with Crippen molar-refractivity contribution in [3.05, 3.63) is 102 Å². The molecule has 0 aliphatic carbocycles. The van der Waals surface area contributed by atoms with Crippen LogP contribution in [0.2, 0.25) is 0 Å². The average Bonchev–Trinajstić information content (AvgIpc) is 2.69. The third-order valence-electron chi connectivity index (χ3n) is 4.87. The molecule has 2 nitrogen and oxygen atoms in total. The molecule has 0 heterocycles. The summed E-state index contributed by atoms with van der Waals surface area (Å²) >= 11 is 5.92. The van der Waals surface area contributed by atoms with Crippen LogP contribution in [0.1, 0.15) is 11.1 Å². The number of allylic oxidation sites excluding steroid dienone is 1. The lowest BCUT2D eigenvalue weighted by Gasteiger charge is -2.18. The second kappa shape index (κ2) is 8.02. The van der Waals surface area contributed by atoms with E-state index in [9.17, 15) is 5.11 Å². The number of aryl methyl sites for hydroxylation is 1. The van der Waals surface area contributed by atoms with Gasteiger partial charge in [-0.25, -0.2) is 0 Å². The minimum atomic E-state index is 0.237. The molecular weight excluding hydrogens is 380 g/mol. The average molecular weight is 401 g/mol. The van der Waals surface area contributed by atoms with E-state index in [4.69, 9.17) is 16.3 Å². The van der Waals surface area contributed by atoms with Crippen molar-refractivity contribution in [3.63, 3.8) is 0 Å². The van der Waals surface area contributed by atoms with Gasteiger partial charge in [-0.15, -0.1) is 0 Å². The zero-order valence-electron chi connectivity index (χ0n) is 16.2. The van der Waals surface area contributed by atoms with Gasteiger partial charge in [0, 0.05) is 22.4 Å². The Bertz CT molecular complexity index is 1180. The summed E-state index contributed by atoms with van der Waals surface area (Å²) in [6, 6.07) is 25.5. The fourth-order valence-electron chi connectivity index (χ4n) is 3.58. The number of fused-ring (bicyclic) bond motifs is 1. The first-order chi connectivity index (χ1) is 14.0. The maximum atomic E-state index is 9.93. The predicted octanol–water partition coefficient (Wildman–Crippen LogP) is 7.61. The van der Waals surface area contributed by atoms with E-state index in [2.05, 4.69) is 31.7 Å². The highest BCUT2D eigenvalue weighted by Gasteiger charge is 2.16. The Balaban J connectivity index is 1.85. The highest BCUT2D eigenvalue weighted by Crippen LogP contribution is 2.42. The van der Waals surface area contributed by atoms with Crippen molar-refractivity contribution >= 4 is 22.4 Å². The van der Waals surface area contributed by atoms with Crippen LogP contribution in [0.4, 0.5) is 0 Å². The number of hydrogen-bond acceptors (Lipinski definition) is 2. The monoisotopic (exact) mass is 400 g/mol. The Morgan fingerprint density at radius 1 is 0.966 bits per heavy atom. The predicted molar refractivity (Wildman–Crippen MR) is 121 cm³/mol. The number of ether oxygens (including phenoxy) is 1. The maximum absolute atomic E-state index is 9.93. The second-order valence-electron chi connectivity index (χ2n) is 7.11. The number of rotatable bonds is 5. The van der Waals surface area contributed by atoms with Crippen LogP contribution < -0.4 is 4.74 Å². The minimum absolute atomic E-state index is 0.237. The Morgan fingerprint density at radius 3 is 2.38 bits per heavy atom. The molecule has 1 N–H and O–H groups in total. The van der Waals surface area contributed by atoms with E-state index < -0.39 is 0 Å². The molecule has 0 aromatic heterocycles. The molecule has 144 valence electrons. The fraction of sp³-hybridized carbons (Fsp3) is 0.0769. The lowest BCUT2D eigenvalue weighted by Crippen LogP contribution is -1.94. The first-order valence-electron chi connectivity index (χ1n) is 9.43. The Morgan fingerprint density at radius 2 is 1.69 bits per heavy atom. The van der Waals surface area contributed by atoms with E-state index in [-0.39, 0.29) is 5.75 Å². The van der Waals surface area contributed by atoms with Gasteiger partial charge in [0.25, 0.3) is 0 Å². The third-order valence-corrected chi connectivity index (χ3v) is 5.01. The summed E-state index contributed by atoms with van der Waals surface area (Å²) in [5.74, 6) is 1.76. The van der Waals surface area contributed by atoms with Gasteiger partial charge >= 0.3 is 0 Å². The number of halogens is 1. The second-order valence-corrected chi connectivity index (χ2v) is 7.64. The van der Waals surface area contributed by atoms with Crippen LogP contribution in [-0.4, -0.2) is 5.11 Å². The molecule has 0 saturated carbocycles. The van der Waals surface area contributed by atoms with Gasteiger partial charge in [-0.2, -0.15) is 0 Å². The lowest BCUT2D eigenvalue weighted by molar-refractivity contribution is 0.475. The van der Waals surface area contributed by atoms with Gasteiger partial charge in [0.05, 0.1) is 0 Å². The Labute approximate surface area is 175 Å². The molecule has 0 spiro atoms. The zero-order chi connectivity index (χ0) is 20.4. The SMILES string of the molecule is C=C(Cl)Cc1ccc(Oc2c(-c3ccccc3)c(C)cc3cc(O)ccc23)cc1. The lowest BCUT2D eigenvalue weighted by atomic mass is 9.94. The standard InChI is InChI=1S/C26H21ClO2/c1-17-14-21-16-22(28)10-13-24(21)26(25(17)20-6-4-3-5-7-20)29-23-11-8-19(9-12-23)15-18(2)27/h3-14,16,28H,2,15H2,1H3. The molecule has 0 aliphatic rings. The van der Waals surface area contributed by atoms with Crippen LogP contribution in [0, 0.1) is 6.92 Å². The molecule has 0 saturated heterocycles. The number of aromatic hydroxyl groups is 1. The molecule has 4 rings (SSSR count). The molecule has 0 unspecified atom stereocenters. The van der Waals surface area contributed by atoms with E-state index in [0.29, 0.717) is 11.5 Å². The van der Waals surface area contributed by atoms with E-state index in [0.717, 1.165) is 44.5 Å². The van der Waals surface area contributed by atoms with Crippen molar-refractivity contribution < 1.29 is 9.84 Å². The van der Waals surface area contributed by atoms with Gasteiger partial charge in [-0.05, 0) is 59.3 Å². The van der Waals surface area contributed by atoms with Crippen molar-refractivity contribution in [1.82, 2.24) is 0 Å². The van der Waals surface area contributed by atoms with Crippen LogP contribution in [0.3, 0.4) is 0 Å². The van der Waals surface area contributed by atoms with Gasteiger partial charge in [0.1, 0.15) is 17.2 Å². The number of benzene rings is 4. The van der Waals surface area contributed by atoms with E-state index in [1.807, 2.05) is 48.5 Å². The molecule has 0 fully saturated rings. The summed E-state index contributed by atoms with van der Waals surface area (Å²) in [6.07, 6.45) is 0.629. The molecular formula is C26H21ClO2. The summed E-state index contributed by atoms with van der Waals surface area (Å²) in [4.78, 5) is 0. The van der Waals surface area contributed by atoms with Crippen LogP contribution >= 0.6 is 11.6 Å². The molecule has 0 radical (unpaired) electrons. The maximum Gasteiger partial charge on any atom is 0.143 e. The Kier molecular flexibility index (Phi) is 5.28. The highest BCUT2D eigenvalue weighted by molar-refractivity contribution is 6.29. The molecule has 3 heteroatoms. The molecule has 29 heavy (non-hydrogen) atoms. The van der Waals surface area contributed by atoms with Crippen molar-refractivity contribution in [1.29, 1.82) is 0 Å². The normalized spacial score (nSPS) is 10.8. The topological polar surface area (TPSA) is 29.5 Å². The van der Waals surface area contributed by atoms with E-state index >= 15 is 0 Å². The van der Waals surface area contributed by atoms with Gasteiger partial charge in [-0.1, -0.05) is 66.7 Å². The largest absolute Gasteiger partial charge is 0.508 e. The summed E-state index contributed by atoms with van der Waals surface area (Å²) in [5.41, 5.74) is 4.30. The Hall–Kier alpha value is -3.23. The molecule has 4 aromatic rings. The van der Waals surface area contributed by atoms with Gasteiger partial charge in [0.15, 0.2) is 0 Å². The molecule has 0 bridgehead atoms. The summed E-state index contributed by atoms with van der Waals surface area (Å²) in [5, 5.41) is 12.4.